The van der Waals surface area contributed by atoms with Crippen LogP contribution in [-0.2, 0) is 9.59 Å². The van der Waals surface area contributed by atoms with Crippen LogP contribution in [0.15, 0.2) is 30.3 Å². The van der Waals surface area contributed by atoms with Crippen molar-refractivity contribution < 1.29 is 19.1 Å². The number of carbonyl (C=O) groups is 2. The summed E-state index contributed by atoms with van der Waals surface area (Å²) in [6, 6.07) is 8.87. The first-order valence-corrected chi connectivity index (χ1v) is 9.06. The Morgan fingerprint density at radius 2 is 1.70 bits per heavy atom. The average Bonchev–Trinajstić information content (AvgIpc) is 3.30. The molecule has 27 heavy (non-hydrogen) atoms. The third kappa shape index (κ3) is 3.21. The highest BCUT2D eigenvalue weighted by Crippen LogP contribution is 2.48. The van der Waals surface area contributed by atoms with Crippen molar-refractivity contribution in [1.82, 2.24) is 0 Å². The number of fused-ring (bicyclic) bond motifs is 1. The first-order chi connectivity index (χ1) is 12.9. The Kier molecular flexibility index (Phi) is 4.23. The molecule has 7 heteroatoms. The minimum atomic E-state index is -1.07. The van der Waals surface area contributed by atoms with Gasteiger partial charge in [-0.25, -0.2) is 0 Å². The van der Waals surface area contributed by atoms with Gasteiger partial charge in [0.15, 0.2) is 11.5 Å². The van der Waals surface area contributed by atoms with Crippen molar-refractivity contribution in [1.29, 1.82) is 0 Å². The molecular formula is C20H19ClN2O4. The van der Waals surface area contributed by atoms with Crippen LogP contribution in [0.25, 0.3) is 0 Å². The average molecular weight is 387 g/mol. The van der Waals surface area contributed by atoms with Crippen molar-refractivity contribution in [3.63, 3.8) is 0 Å². The Balaban J connectivity index is 1.50. The van der Waals surface area contributed by atoms with E-state index < -0.39 is 5.41 Å². The molecule has 0 saturated heterocycles. The molecule has 2 N–H and O–H groups in total. The SMILES string of the molecule is Cc1cc(C)c(NC(=O)C2(C(=O)Nc3ccc4c(c3)OCO4)CC2)c(Cl)c1. The third-order valence-electron chi connectivity index (χ3n) is 4.92. The molecule has 0 atom stereocenters. The predicted molar refractivity (Wildman–Crippen MR) is 102 cm³/mol. The molecule has 0 aromatic heterocycles. The van der Waals surface area contributed by atoms with Gasteiger partial charge in [-0.05, 0) is 56.0 Å². The molecule has 0 spiro atoms. The highest BCUT2D eigenvalue weighted by molar-refractivity contribution is 6.34. The summed E-state index contributed by atoms with van der Waals surface area (Å²) in [5, 5.41) is 6.12. The fourth-order valence-electron chi connectivity index (χ4n) is 3.21. The first kappa shape index (κ1) is 17.7. The van der Waals surface area contributed by atoms with Gasteiger partial charge in [-0.15, -0.1) is 0 Å². The monoisotopic (exact) mass is 386 g/mol. The fourth-order valence-corrected chi connectivity index (χ4v) is 3.58. The maximum absolute atomic E-state index is 12.8. The number of hydrogen-bond acceptors (Lipinski definition) is 4. The van der Waals surface area contributed by atoms with E-state index in [9.17, 15) is 9.59 Å². The van der Waals surface area contributed by atoms with E-state index in [1.165, 1.54) is 0 Å². The minimum Gasteiger partial charge on any atom is -0.454 e. The van der Waals surface area contributed by atoms with Crippen LogP contribution in [0, 0.1) is 19.3 Å². The maximum atomic E-state index is 12.8. The molecule has 6 nitrogen and oxygen atoms in total. The van der Waals surface area contributed by atoms with Crippen molar-refractivity contribution in [2.45, 2.75) is 26.7 Å². The predicted octanol–water partition coefficient (Wildman–Crippen LogP) is 4.04. The second kappa shape index (κ2) is 6.46. The molecule has 140 valence electrons. The maximum Gasteiger partial charge on any atom is 0.240 e. The number of aryl methyl sites for hydroxylation is 2. The van der Waals surface area contributed by atoms with Crippen molar-refractivity contribution in [3.05, 3.63) is 46.5 Å². The number of carbonyl (C=O) groups excluding carboxylic acids is 2. The molecule has 0 unspecified atom stereocenters. The van der Waals surface area contributed by atoms with Crippen molar-refractivity contribution >= 4 is 34.8 Å². The van der Waals surface area contributed by atoms with E-state index in [4.69, 9.17) is 21.1 Å². The Labute approximate surface area is 161 Å². The van der Waals surface area contributed by atoms with Crippen molar-refractivity contribution in [2.24, 2.45) is 5.41 Å². The Hall–Kier alpha value is -2.73. The van der Waals surface area contributed by atoms with Gasteiger partial charge in [0.2, 0.25) is 18.6 Å². The molecule has 2 amide bonds. The zero-order valence-corrected chi connectivity index (χ0v) is 15.8. The summed E-state index contributed by atoms with van der Waals surface area (Å²) in [4.78, 5) is 25.6. The van der Waals surface area contributed by atoms with Crippen LogP contribution in [0.4, 0.5) is 11.4 Å². The number of benzene rings is 2. The standard InChI is InChI=1S/C20H19ClN2O4/c1-11-7-12(2)17(14(21)8-11)23-19(25)20(5-6-20)18(24)22-13-3-4-15-16(9-13)27-10-26-15/h3-4,7-9H,5-6,10H2,1-2H3,(H,22,24)(H,23,25). The Morgan fingerprint density at radius 3 is 2.41 bits per heavy atom. The Bertz CT molecular complexity index is 930. The number of ether oxygens (including phenoxy) is 2. The lowest BCUT2D eigenvalue weighted by molar-refractivity contribution is -0.131. The van der Waals surface area contributed by atoms with E-state index >= 15 is 0 Å². The molecule has 1 aliphatic carbocycles. The summed E-state index contributed by atoms with van der Waals surface area (Å²) in [6.07, 6.45) is 0.996. The van der Waals surface area contributed by atoms with Gasteiger partial charge in [0.25, 0.3) is 0 Å². The van der Waals surface area contributed by atoms with E-state index in [0.29, 0.717) is 40.7 Å². The van der Waals surface area contributed by atoms with Crippen molar-refractivity contribution in [2.75, 3.05) is 17.4 Å². The molecule has 1 saturated carbocycles. The van der Waals surface area contributed by atoms with Crippen LogP contribution < -0.4 is 20.1 Å². The Morgan fingerprint density at radius 1 is 1.00 bits per heavy atom. The van der Waals surface area contributed by atoms with Gasteiger partial charge < -0.3 is 20.1 Å². The lowest BCUT2D eigenvalue weighted by Gasteiger charge is -2.18. The van der Waals surface area contributed by atoms with Gasteiger partial charge in [0.05, 0.1) is 10.7 Å². The number of nitrogens with one attached hydrogen (secondary N) is 2. The third-order valence-corrected chi connectivity index (χ3v) is 5.22. The van der Waals surface area contributed by atoms with Gasteiger partial charge in [-0.3, -0.25) is 9.59 Å². The molecule has 0 bridgehead atoms. The lowest BCUT2D eigenvalue weighted by Crippen LogP contribution is -2.35. The summed E-state index contributed by atoms with van der Waals surface area (Å²) in [7, 11) is 0. The molecule has 2 aromatic rings. The minimum absolute atomic E-state index is 0.162. The van der Waals surface area contributed by atoms with Crippen LogP contribution in [0.5, 0.6) is 11.5 Å². The van der Waals surface area contributed by atoms with E-state index in [-0.39, 0.29) is 18.6 Å². The number of hydrogen-bond donors (Lipinski definition) is 2. The van der Waals surface area contributed by atoms with Crippen LogP contribution in [0.2, 0.25) is 5.02 Å². The molecule has 2 aliphatic rings. The van der Waals surface area contributed by atoms with Gasteiger partial charge in [-0.1, -0.05) is 17.7 Å². The van der Waals surface area contributed by atoms with Crippen LogP contribution >= 0.6 is 11.6 Å². The van der Waals surface area contributed by atoms with E-state index in [2.05, 4.69) is 10.6 Å². The molecule has 2 aromatic carbocycles. The highest BCUT2D eigenvalue weighted by Gasteiger charge is 2.56. The highest BCUT2D eigenvalue weighted by atomic mass is 35.5. The normalized spacial score (nSPS) is 16.0. The van der Waals surface area contributed by atoms with E-state index in [0.717, 1.165) is 11.1 Å². The summed E-state index contributed by atoms with van der Waals surface area (Å²) in [5.74, 6) is 0.537. The quantitative estimate of drug-likeness (QED) is 0.777. The molecule has 1 aliphatic heterocycles. The van der Waals surface area contributed by atoms with Crippen LogP contribution in [0.1, 0.15) is 24.0 Å². The first-order valence-electron chi connectivity index (χ1n) is 8.68. The number of rotatable bonds is 4. The van der Waals surface area contributed by atoms with Gasteiger partial charge >= 0.3 is 0 Å². The second-order valence-corrected chi connectivity index (χ2v) is 7.40. The molecule has 1 heterocycles. The molecule has 0 radical (unpaired) electrons. The largest absolute Gasteiger partial charge is 0.454 e. The summed E-state index contributed by atoms with van der Waals surface area (Å²) >= 11 is 6.27. The molecule has 4 rings (SSSR count). The number of anilines is 2. The zero-order chi connectivity index (χ0) is 19.2. The van der Waals surface area contributed by atoms with Crippen molar-refractivity contribution in [3.8, 4) is 11.5 Å². The molecule has 1 fully saturated rings. The summed E-state index contributed by atoms with van der Waals surface area (Å²) in [6.45, 7) is 3.97. The van der Waals surface area contributed by atoms with Crippen LogP contribution in [-0.4, -0.2) is 18.6 Å². The second-order valence-electron chi connectivity index (χ2n) is 7.00. The number of amides is 2. The summed E-state index contributed by atoms with van der Waals surface area (Å²) < 4.78 is 10.6. The summed E-state index contributed by atoms with van der Waals surface area (Å²) in [5.41, 5.74) is 1.91. The van der Waals surface area contributed by atoms with Crippen LogP contribution in [0.3, 0.4) is 0 Å². The lowest BCUT2D eigenvalue weighted by atomic mass is 10.0. The van der Waals surface area contributed by atoms with Gasteiger partial charge in [0, 0.05) is 11.8 Å². The number of halogens is 1. The van der Waals surface area contributed by atoms with E-state index in [1.807, 2.05) is 19.9 Å². The van der Waals surface area contributed by atoms with Gasteiger partial charge in [0.1, 0.15) is 5.41 Å². The molecular weight excluding hydrogens is 368 g/mol. The fraction of sp³-hybridized carbons (Fsp3) is 0.300. The topological polar surface area (TPSA) is 76.7 Å². The smallest absolute Gasteiger partial charge is 0.240 e. The van der Waals surface area contributed by atoms with E-state index in [1.54, 1.807) is 24.3 Å². The zero-order valence-electron chi connectivity index (χ0n) is 15.0. The van der Waals surface area contributed by atoms with Gasteiger partial charge in [-0.2, -0.15) is 0 Å².